The van der Waals surface area contributed by atoms with Crippen molar-refractivity contribution in [1.82, 2.24) is 0 Å². The van der Waals surface area contributed by atoms with Gasteiger partial charge in [0.1, 0.15) is 17.2 Å². The number of allylic oxidation sites excluding steroid dienone is 4. The Morgan fingerprint density at radius 2 is 1.13 bits per heavy atom. The fourth-order valence-corrected chi connectivity index (χ4v) is 6.70. The molecule has 3 aliphatic rings. The predicted octanol–water partition coefficient (Wildman–Crippen LogP) is 10.4. The highest BCUT2D eigenvalue weighted by Gasteiger charge is 2.45. The molecule has 1 aromatic carbocycles. The van der Waals surface area contributed by atoms with Gasteiger partial charge in [-0.05, 0) is 125 Å². The Balaban J connectivity index is 1.22. The Bertz CT molecular complexity index is 968. The van der Waals surface area contributed by atoms with Gasteiger partial charge in [0.15, 0.2) is 0 Å². The van der Waals surface area contributed by atoms with Crippen LogP contribution in [0, 0.1) is 35.3 Å². The highest BCUT2D eigenvalue weighted by molar-refractivity contribution is 5.30. The van der Waals surface area contributed by atoms with E-state index in [-0.39, 0.29) is 18.4 Å². The summed E-state index contributed by atoms with van der Waals surface area (Å²) in [5, 5.41) is 0. The van der Waals surface area contributed by atoms with Gasteiger partial charge in [0.25, 0.3) is 0 Å². The lowest BCUT2D eigenvalue weighted by molar-refractivity contribution is -0.301. The molecular formula is C31H39F7O. The van der Waals surface area contributed by atoms with E-state index in [1.54, 1.807) is 0 Å². The molecule has 3 aliphatic carbocycles. The minimum atomic E-state index is -5.12. The van der Waals surface area contributed by atoms with Gasteiger partial charge in [-0.25, -0.2) is 8.78 Å². The van der Waals surface area contributed by atoms with E-state index in [9.17, 15) is 22.0 Å². The van der Waals surface area contributed by atoms with Crippen LogP contribution in [0.4, 0.5) is 30.7 Å². The third-order valence-corrected chi connectivity index (χ3v) is 9.00. The Morgan fingerprint density at radius 1 is 0.667 bits per heavy atom. The second-order valence-electron chi connectivity index (χ2n) is 11.7. The Labute approximate surface area is 226 Å². The summed E-state index contributed by atoms with van der Waals surface area (Å²) in [6.45, 7) is 2.06. The van der Waals surface area contributed by atoms with Crippen molar-refractivity contribution in [3.63, 3.8) is 0 Å². The van der Waals surface area contributed by atoms with E-state index in [0.717, 1.165) is 0 Å². The molecule has 0 bridgehead atoms. The molecule has 0 aromatic heterocycles. The molecule has 0 spiro atoms. The van der Waals surface area contributed by atoms with E-state index >= 15 is 8.78 Å². The maximum absolute atomic E-state index is 15.0. The van der Waals surface area contributed by atoms with Crippen molar-refractivity contribution >= 4 is 0 Å². The molecule has 0 unspecified atom stereocenters. The van der Waals surface area contributed by atoms with Gasteiger partial charge in [0, 0.05) is 0 Å². The molecular weight excluding hydrogens is 521 g/mol. The number of hydrogen-bond acceptors (Lipinski definition) is 1. The van der Waals surface area contributed by atoms with Crippen molar-refractivity contribution in [3.05, 3.63) is 59.2 Å². The van der Waals surface area contributed by atoms with Crippen LogP contribution in [0.1, 0.15) is 101 Å². The van der Waals surface area contributed by atoms with Crippen LogP contribution in [0.15, 0.2) is 36.4 Å². The Hall–Kier alpha value is -1.83. The zero-order valence-electron chi connectivity index (χ0n) is 22.5. The smallest absolute Gasteiger partial charge is 0.317 e. The number of halogens is 7. The number of alkyl halides is 5. The van der Waals surface area contributed by atoms with Crippen LogP contribution in [0.5, 0.6) is 0 Å². The molecule has 0 heterocycles. The van der Waals surface area contributed by atoms with Crippen LogP contribution in [-0.4, -0.2) is 12.2 Å². The topological polar surface area (TPSA) is 9.23 Å². The van der Waals surface area contributed by atoms with Crippen LogP contribution in [0.2, 0.25) is 0 Å². The summed E-state index contributed by atoms with van der Waals surface area (Å²) in [5.41, 5.74) is -1.78. The van der Waals surface area contributed by atoms with Crippen molar-refractivity contribution < 1.29 is 35.5 Å². The summed E-state index contributed by atoms with van der Waals surface area (Å²) < 4.78 is 102. The number of hydrogen-bond donors (Lipinski definition) is 0. The summed E-state index contributed by atoms with van der Waals surface area (Å²) in [4.78, 5) is 0. The van der Waals surface area contributed by atoms with Crippen molar-refractivity contribution in [1.29, 1.82) is 0 Å². The normalized spacial score (nSPS) is 31.3. The van der Waals surface area contributed by atoms with Crippen molar-refractivity contribution in [2.45, 2.75) is 108 Å². The van der Waals surface area contributed by atoms with Crippen LogP contribution >= 0.6 is 0 Å². The molecule has 1 aromatic rings. The highest BCUT2D eigenvalue weighted by atomic mass is 19.4. The second kappa shape index (κ2) is 12.8. The van der Waals surface area contributed by atoms with Gasteiger partial charge >= 0.3 is 12.3 Å². The zero-order chi connectivity index (χ0) is 28.2. The highest BCUT2D eigenvalue weighted by Crippen LogP contribution is 2.44. The predicted molar refractivity (Wildman–Crippen MR) is 137 cm³/mol. The summed E-state index contributed by atoms with van der Waals surface area (Å²) >= 11 is 0. The molecule has 0 amide bonds. The van der Waals surface area contributed by atoms with Gasteiger partial charge in [-0.15, -0.1) is 0 Å². The maximum Gasteiger partial charge on any atom is 0.422 e. The second-order valence-corrected chi connectivity index (χ2v) is 11.7. The average molecular weight is 561 g/mol. The lowest BCUT2D eigenvalue weighted by atomic mass is 9.78. The van der Waals surface area contributed by atoms with E-state index in [2.05, 4.69) is 31.2 Å². The monoisotopic (exact) mass is 560 g/mol. The van der Waals surface area contributed by atoms with E-state index in [1.165, 1.54) is 25.7 Å². The zero-order valence-corrected chi connectivity index (χ0v) is 22.5. The molecule has 1 nitrogen and oxygen atoms in total. The molecule has 0 saturated heterocycles. The van der Waals surface area contributed by atoms with E-state index < -0.39 is 47.4 Å². The SMILES string of the molecule is C/C=C/C1CCC(/C=C/C2CCC(C(F)(F)OC3CCC(c4cc(F)c(C(F)(F)F)c(F)c4)CC3)CC2)CC1. The first-order valence-electron chi connectivity index (χ1n) is 14.4. The molecule has 8 heteroatoms. The van der Waals surface area contributed by atoms with Gasteiger partial charge in [-0.1, -0.05) is 24.3 Å². The standard InChI is InChI=1S/C31H39F7O/c1-2-3-20-4-6-21(7-5-20)8-9-22-10-14-25(15-11-22)31(37,38)39-26-16-12-23(13-17-26)24-18-27(32)29(28(33)19-24)30(34,35)36/h2-3,8-9,18-23,25-26H,4-7,10-17H2,1H3/b3-2+,9-8+. The third kappa shape index (κ3) is 7.89. The molecule has 0 radical (unpaired) electrons. The lowest BCUT2D eigenvalue weighted by Gasteiger charge is -2.36. The fourth-order valence-electron chi connectivity index (χ4n) is 6.70. The van der Waals surface area contributed by atoms with Crippen LogP contribution in [-0.2, 0) is 10.9 Å². The van der Waals surface area contributed by atoms with E-state index in [0.29, 0.717) is 68.4 Å². The summed E-state index contributed by atoms with van der Waals surface area (Å²) in [6.07, 6.45) is 8.06. The molecule has 218 valence electrons. The number of ether oxygens (including phenoxy) is 1. The van der Waals surface area contributed by atoms with E-state index in [4.69, 9.17) is 4.74 Å². The fraction of sp³-hybridized carbons (Fsp3) is 0.677. The average Bonchev–Trinajstić information content (AvgIpc) is 2.88. The maximum atomic E-state index is 15.0. The third-order valence-electron chi connectivity index (χ3n) is 9.00. The largest absolute Gasteiger partial charge is 0.422 e. The Kier molecular flexibility index (Phi) is 9.87. The molecule has 3 saturated carbocycles. The van der Waals surface area contributed by atoms with Crippen molar-refractivity contribution in [3.8, 4) is 0 Å². The van der Waals surface area contributed by atoms with Gasteiger partial charge in [-0.3, -0.25) is 0 Å². The van der Waals surface area contributed by atoms with Crippen LogP contribution in [0.25, 0.3) is 0 Å². The quantitative estimate of drug-likeness (QED) is 0.238. The lowest BCUT2D eigenvalue weighted by Crippen LogP contribution is -2.38. The van der Waals surface area contributed by atoms with Gasteiger partial charge in [0.2, 0.25) is 0 Å². The number of rotatable bonds is 7. The molecule has 3 fully saturated rings. The van der Waals surface area contributed by atoms with Crippen molar-refractivity contribution in [2.75, 3.05) is 0 Å². The molecule has 0 atom stereocenters. The summed E-state index contributed by atoms with van der Waals surface area (Å²) in [5.74, 6) is -2.94. The van der Waals surface area contributed by atoms with Gasteiger partial charge in [0.05, 0.1) is 12.0 Å². The first kappa shape index (κ1) is 30.1. The Morgan fingerprint density at radius 3 is 1.59 bits per heavy atom. The summed E-state index contributed by atoms with van der Waals surface area (Å²) in [6, 6.07) is 1.43. The first-order chi connectivity index (χ1) is 18.5. The van der Waals surface area contributed by atoms with Crippen LogP contribution in [0.3, 0.4) is 0 Å². The summed E-state index contributed by atoms with van der Waals surface area (Å²) in [7, 11) is 0. The van der Waals surface area contributed by atoms with E-state index in [1.807, 2.05) is 0 Å². The number of benzene rings is 1. The molecule has 0 N–H and O–H groups in total. The van der Waals surface area contributed by atoms with Crippen LogP contribution < -0.4 is 0 Å². The molecule has 39 heavy (non-hydrogen) atoms. The van der Waals surface area contributed by atoms with Gasteiger partial charge < -0.3 is 4.74 Å². The molecule has 4 rings (SSSR count). The minimum Gasteiger partial charge on any atom is -0.317 e. The first-order valence-corrected chi connectivity index (χ1v) is 14.4. The minimum absolute atomic E-state index is 0.125. The van der Waals surface area contributed by atoms with Crippen molar-refractivity contribution in [2.24, 2.45) is 23.7 Å². The molecule has 0 aliphatic heterocycles. The van der Waals surface area contributed by atoms with Gasteiger partial charge in [-0.2, -0.15) is 22.0 Å².